The first-order chi connectivity index (χ1) is 5.06. The van der Waals surface area contributed by atoms with E-state index in [9.17, 15) is 26.3 Å². The number of nitrogens with two attached hydrogens (primary N) is 1. The van der Waals surface area contributed by atoms with Crippen LogP contribution in [0.25, 0.3) is 0 Å². The summed E-state index contributed by atoms with van der Waals surface area (Å²) in [7, 11) is 0.237. The molecule has 0 spiro atoms. The van der Waals surface area contributed by atoms with Crippen LogP contribution in [0.15, 0.2) is 0 Å². The molecule has 0 aliphatic carbocycles. The Balaban J connectivity index is 4.95. The molecule has 0 saturated heterocycles. The molecule has 0 aliphatic rings. The van der Waals surface area contributed by atoms with E-state index in [0.717, 1.165) is 0 Å². The van der Waals surface area contributed by atoms with Crippen molar-refractivity contribution in [2.75, 3.05) is 7.11 Å². The van der Waals surface area contributed by atoms with Gasteiger partial charge in [0.15, 0.2) is 0 Å². The summed E-state index contributed by atoms with van der Waals surface area (Å²) in [6.45, 7) is 0. The summed E-state index contributed by atoms with van der Waals surface area (Å²) in [4.78, 5) is 0. The van der Waals surface area contributed by atoms with E-state index >= 15 is 0 Å². The lowest BCUT2D eigenvalue weighted by Crippen LogP contribution is -2.65. The van der Waals surface area contributed by atoms with Gasteiger partial charge in [-0.15, -0.1) is 0 Å². The van der Waals surface area contributed by atoms with E-state index in [0.29, 0.717) is 0 Å². The van der Waals surface area contributed by atoms with Gasteiger partial charge in [-0.1, -0.05) is 0 Å². The van der Waals surface area contributed by atoms with Crippen LogP contribution < -0.4 is 5.73 Å². The molecule has 2 nitrogen and oxygen atoms in total. The van der Waals surface area contributed by atoms with E-state index in [1.54, 1.807) is 0 Å². The van der Waals surface area contributed by atoms with Gasteiger partial charge in [0, 0.05) is 7.11 Å². The molecule has 0 amide bonds. The third-order valence-electron chi connectivity index (χ3n) is 1.16. The Morgan fingerprint density at radius 2 is 1.17 bits per heavy atom. The van der Waals surface area contributed by atoms with Crippen molar-refractivity contribution in [3.63, 3.8) is 0 Å². The molecule has 0 aromatic heterocycles. The third kappa shape index (κ3) is 1.63. The van der Waals surface area contributed by atoms with E-state index in [-0.39, 0.29) is 7.11 Å². The zero-order valence-corrected chi connectivity index (χ0v) is 5.75. The fourth-order valence-electron chi connectivity index (χ4n) is 0.392. The standard InChI is InChI=1S/C4H5F6NO/c1-12-2(11,3(5,6)7)4(8,9)10/h11H2,1H3. The summed E-state index contributed by atoms with van der Waals surface area (Å²) < 4.78 is 73.0. The van der Waals surface area contributed by atoms with Gasteiger partial charge >= 0.3 is 18.1 Å². The maximum Gasteiger partial charge on any atom is 0.440 e. The Morgan fingerprint density at radius 3 is 1.17 bits per heavy atom. The number of hydrogen-bond acceptors (Lipinski definition) is 2. The molecule has 0 radical (unpaired) electrons. The average Bonchev–Trinajstić information content (AvgIpc) is 1.81. The third-order valence-corrected chi connectivity index (χ3v) is 1.16. The number of hydrogen-bond donors (Lipinski definition) is 1. The normalized spacial score (nSPS) is 15.0. The second-order valence-electron chi connectivity index (χ2n) is 1.94. The Kier molecular flexibility index (Phi) is 2.65. The molecule has 74 valence electrons. The first-order valence-electron chi connectivity index (χ1n) is 2.53. The van der Waals surface area contributed by atoms with Crippen molar-refractivity contribution in [3.05, 3.63) is 0 Å². The van der Waals surface area contributed by atoms with Crippen LogP contribution in [0, 0.1) is 0 Å². The molecule has 0 fully saturated rings. The quantitative estimate of drug-likeness (QED) is 0.509. The Hall–Kier alpha value is -0.500. The minimum Gasteiger partial charge on any atom is -0.348 e. The molecule has 0 bridgehead atoms. The summed E-state index contributed by atoms with van der Waals surface area (Å²) in [6, 6.07) is 0. The molecule has 0 aliphatic heterocycles. The Bertz CT molecular complexity index is 146. The van der Waals surface area contributed by atoms with Crippen molar-refractivity contribution in [2.45, 2.75) is 18.1 Å². The molecule has 0 heterocycles. The minimum absolute atomic E-state index is 0.237. The zero-order valence-electron chi connectivity index (χ0n) is 5.75. The monoisotopic (exact) mass is 197 g/mol. The van der Waals surface area contributed by atoms with E-state index < -0.39 is 18.1 Å². The van der Waals surface area contributed by atoms with Gasteiger partial charge in [0.1, 0.15) is 0 Å². The fourth-order valence-corrected chi connectivity index (χ4v) is 0.392. The van der Waals surface area contributed by atoms with Crippen molar-refractivity contribution in [2.24, 2.45) is 5.73 Å². The summed E-state index contributed by atoms with van der Waals surface area (Å²) in [6.07, 6.45) is -11.4. The van der Waals surface area contributed by atoms with Gasteiger partial charge in [-0.3, -0.25) is 5.73 Å². The zero-order chi connectivity index (χ0) is 10.2. The molecule has 0 unspecified atom stereocenters. The van der Waals surface area contributed by atoms with Crippen molar-refractivity contribution < 1.29 is 31.1 Å². The molecule has 12 heavy (non-hydrogen) atoms. The van der Waals surface area contributed by atoms with Crippen LogP contribution in [0.5, 0.6) is 0 Å². The second-order valence-corrected chi connectivity index (χ2v) is 1.94. The lowest BCUT2D eigenvalue weighted by Gasteiger charge is -2.31. The first kappa shape index (κ1) is 11.5. The highest BCUT2D eigenvalue weighted by atomic mass is 19.4. The highest BCUT2D eigenvalue weighted by molar-refractivity contribution is 4.89. The van der Waals surface area contributed by atoms with Crippen LogP contribution in [0.3, 0.4) is 0 Å². The maximum absolute atomic E-state index is 11.6. The van der Waals surface area contributed by atoms with Gasteiger partial charge in [0.25, 0.3) is 0 Å². The van der Waals surface area contributed by atoms with E-state index in [1.165, 1.54) is 0 Å². The van der Waals surface area contributed by atoms with Gasteiger partial charge in [0.05, 0.1) is 0 Å². The van der Waals surface area contributed by atoms with Gasteiger partial charge in [-0.25, -0.2) is 0 Å². The first-order valence-corrected chi connectivity index (χ1v) is 2.53. The van der Waals surface area contributed by atoms with Crippen LogP contribution in [-0.4, -0.2) is 25.2 Å². The van der Waals surface area contributed by atoms with Gasteiger partial charge in [-0.2, -0.15) is 26.3 Å². The van der Waals surface area contributed by atoms with Crippen LogP contribution in [0.4, 0.5) is 26.3 Å². The Morgan fingerprint density at radius 1 is 0.917 bits per heavy atom. The number of rotatable bonds is 1. The van der Waals surface area contributed by atoms with Gasteiger partial charge < -0.3 is 4.74 Å². The van der Waals surface area contributed by atoms with Crippen molar-refractivity contribution in [1.29, 1.82) is 0 Å². The average molecular weight is 197 g/mol. The molecule has 0 saturated carbocycles. The van der Waals surface area contributed by atoms with E-state index in [4.69, 9.17) is 0 Å². The predicted octanol–water partition coefficient (Wildman–Crippen LogP) is 1.41. The molecule has 8 heteroatoms. The SMILES string of the molecule is COC(N)(C(F)(F)F)C(F)(F)F. The Labute approximate surface area is 63.3 Å². The molecule has 0 aromatic rings. The summed E-state index contributed by atoms with van der Waals surface area (Å²) >= 11 is 0. The molecular weight excluding hydrogens is 192 g/mol. The topological polar surface area (TPSA) is 35.2 Å². The van der Waals surface area contributed by atoms with Gasteiger partial charge in [0.2, 0.25) is 0 Å². The number of ether oxygens (including phenoxy) is 1. The number of methoxy groups -OCH3 is 1. The summed E-state index contributed by atoms with van der Waals surface area (Å²) in [5.74, 6) is 0. The van der Waals surface area contributed by atoms with Crippen LogP contribution in [0.1, 0.15) is 0 Å². The lowest BCUT2D eigenvalue weighted by molar-refractivity contribution is -0.373. The van der Waals surface area contributed by atoms with Crippen molar-refractivity contribution >= 4 is 0 Å². The lowest BCUT2D eigenvalue weighted by atomic mass is 10.2. The molecule has 0 aromatic carbocycles. The fraction of sp³-hybridized carbons (Fsp3) is 1.00. The smallest absolute Gasteiger partial charge is 0.348 e. The van der Waals surface area contributed by atoms with Crippen LogP contribution >= 0.6 is 0 Å². The van der Waals surface area contributed by atoms with Gasteiger partial charge in [-0.05, 0) is 0 Å². The molecule has 2 N–H and O–H groups in total. The predicted molar refractivity (Wildman–Crippen MR) is 26.0 cm³/mol. The number of alkyl halides is 6. The largest absolute Gasteiger partial charge is 0.440 e. The summed E-state index contributed by atoms with van der Waals surface area (Å²) in [5, 5.41) is 0. The highest BCUT2D eigenvalue weighted by Crippen LogP contribution is 2.41. The van der Waals surface area contributed by atoms with Crippen LogP contribution in [0.2, 0.25) is 0 Å². The van der Waals surface area contributed by atoms with Crippen molar-refractivity contribution in [3.8, 4) is 0 Å². The minimum atomic E-state index is -5.68. The second kappa shape index (κ2) is 2.77. The molecule has 0 rings (SSSR count). The molecule has 0 atom stereocenters. The van der Waals surface area contributed by atoms with Crippen molar-refractivity contribution in [1.82, 2.24) is 0 Å². The maximum atomic E-state index is 11.6. The van der Waals surface area contributed by atoms with E-state index in [2.05, 4.69) is 10.5 Å². The highest BCUT2D eigenvalue weighted by Gasteiger charge is 2.70. The van der Waals surface area contributed by atoms with E-state index in [1.807, 2.05) is 0 Å². The molecular formula is C4H5F6NO. The summed E-state index contributed by atoms with van der Waals surface area (Å²) in [5.41, 5.74) is -0.604. The van der Waals surface area contributed by atoms with Crippen LogP contribution in [-0.2, 0) is 4.74 Å². The number of halogens is 6.